The highest BCUT2D eigenvalue weighted by Crippen LogP contribution is 2.47. The second-order valence-electron chi connectivity index (χ2n) is 8.31. The van der Waals surface area contributed by atoms with Crippen LogP contribution in [0, 0.1) is 0 Å². The van der Waals surface area contributed by atoms with Crippen LogP contribution in [-0.2, 0) is 30.3 Å². The molecular formula is C22H27ClN2O5S. The summed E-state index contributed by atoms with van der Waals surface area (Å²) in [5, 5.41) is 2.20. The number of benzene rings is 1. The Morgan fingerprint density at radius 3 is 2.55 bits per heavy atom. The first kappa shape index (κ1) is 23.6. The van der Waals surface area contributed by atoms with E-state index in [4.69, 9.17) is 21.1 Å². The molecule has 1 N–H and O–H groups in total. The minimum absolute atomic E-state index is 0.0973. The van der Waals surface area contributed by atoms with Gasteiger partial charge in [-0.15, -0.1) is 23.4 Å². The molecule has 2 aliphatic heterocycles. The van der Waals surface area contributed by atoms with Gasteiger partial charge in [-0.3, -0.25) is 14.5 Å². The van der Waals surface area contributed by atoms with E-state index in [2.05, 4.69) is 5.32 Å². The normalized spacial score (nSPS) is 23.2. The average Bonchev–Trinajstić information content (AvgIpc) is 2.71. The van der Waals surface area contributed by atoms with Crippen molar-refractivity contribution >= 4 is 41.1 Å². The predicted molar refractivity (Wildman–Crippen MR) is 119 cm³/mol. The fraction of sp³-hybridized carbons (Fsp3) is 0.500. The zero-order valence-electron chi connectivity index (χ0n) is 18.1. The maximum atomic E-state index is 13.3. The van der Waals surface area contributed by atoms with Crippen molar-refractivity contribution < 1.29 is 23.9 Å². The number of rotatable bonds is 7. The number of carbonyl (C=O) groups excluding carboxylic acids is 3. The van der Waals surface area contributed by atoms with Crippen molar-refractivity contribution in [3.63, 3.8) is 0 Å². The number of β-lactam (4-membered cyclic amide) rings is 1. The summed E-state index contributed by atoms with van der Waals surface area (Å²) in [6.07, 6.45) is 0.113. The summed E-state index contributed by atoms with van der Waals surface area (Å²) in [6.45, 7) is 7.24. The molecule has 0 saturated carbocycles. The maximum Gasteiger partial charge on any atom is 0.355 e. The zero-order valence-corrected chi connectivity index (χ0v) is 19.6. The number of alkyl halides is 1. The van der Waals surface area contributed by atoms with E-state index in [1.54, 1.807) is 27.7 Å². The number of amides is 2. The third-order valence-electron chi connectivity index (χ3n) is 4.77. The first-order chi connectivity index (χ1) is 14.6. The molecule has 3 rings (SSSR count). The summed E-state index contributed by atoms with van der Waals surface area (Å²) in [5.41, 5.74) is -0.671. The number of thioether (sulfide) groups is 1. The van der Waals surface area contributed by atoms with E-state index in [9.17, 15) is 14.4 Å². The molecule has 2 aliphatic rings. The number of halogens is 1. The molecule has 2 atom stereocenters. The van der Waals surface area contributed by atoms with Gasteiger partial charge in [0, 0.05) is 18.2 Å². The summed E-state index contributed by atoms with van der Waals surface area (Å²) >= 11 is 7.46. The highest BCUT2D eigenvalue weighted by atomic mass is 35.5. The fourth-order valence-electron chi connectivity index (χ4n) is 3.55. The topological polar surface area (TPSA) is 84.9 Å². The molecule has 0 radical (unpaired) electrons. The summed E-state index contributed by atoms with van der Waals surface area (Å²) in [7, 11) is 0. The molecule has 1 aromatic rings. The molecule has 1 unspecified atom stereocenters. The number of carbonyl (C=O) groups is 3. The van der Waals surface area contributed by atoms with Crippen LogP contribution in [0.2, 0.25) is 0 Å². The highest BCUT2D eigenvalue weighted by Gasteiger charge is 2.67. The standard InChI is InChI=1S/C22H27ClN2O5S/c1-5-29-22(24-16(26)11-14-9-7-6-8-10-14)19(28)25-17(18(27)30-21(2,3)4)15(12-23)13-31-20(22)25/h6-10,20H,5,11-13H2,1-4H3,(H,24,26)/t20-,22?/m0/s1. The molecular weight excluding hydrogens is 440 g/mol. The van der Waals surface area contributed by atoms with Crippen molar-refractivity contribution in [2.75, 3.05) is 18.2 Å². The molecule has 1 aromatic carbocycles. The van der Waals surface area contributed by atoms with E-state index in [1.807, 2.05) is 30.3 Å². The molecule has 7 nitrogen and oxygen atoms in total. The lowest BCUT2D eigenvalue weighted by Crippen LogP contribution is -2.81. The second kappa shape index (κ2) is 9.22. The Morgan fingerprint density at radius 1 is 1.29 bits per heavy atom. The molecule has 0 aliphatic carbocycles. The fourth-order valence-corrected chi connectivity index (χ4v) is 5.29. The van der Waals surface area contributed by atoms with Crippen LogP contribution >= 0.6 is 23.4 Å². The smallest absolute Gasteiger partial charge is 0.355 e. The molecule has 0 aromatic heterocycles. The van der Waals surface area contributed by atoms with Crippen LogP contribution in [0.25, 0.3) is 0 Å². The molecule has 168 valence electrons. The summed E-state index contributed by atoms with van der Waals surface area (Å²) in [5.74, 6) is -0.922. The van der Waals surface area contributed by atoms with E-state index in [0.29, 0.717) is 11.3 Å². The van der Waals surface area contributed by atoms with Crippen LogP contribution in [0.3, 0.4) is 0 Å². The van der Waals surface area contributed by atoms with E-state index < -0.39 is 28.6 Å². The third-order valence-corrected chi connectivity index (χ3v) is 6.46. The largest absolute Gasteiger partial charge is 0.455 e. The number of ether oxygens (including phenoxy) is 2. The number of esters is 1. The quantitative estimate of drug-likeness (QED) is 0.288. The van der Waals surface area contributed by atoms with Gasteiger partial charge in [0.1, 0.15) is 16.7 Å². The monoisotopic (exact) mass is 466 g/mol. The van der Waals surface area contributed by atoms with Crippen molar-refractivity contribution in [1.29, 1.82) is 0 Å². The van der Waals surface area contributed by atoms with Crippen molar-refractivity contribution in [2.45, 2.75) is 50.8 Å². The Morgan fingerprint density at radius 2 is 1.97 bits per heavy atom. The van der Waals surface area contributed by atoms with Gasteiger partial charge in [0.25, 0.3) is 11.6 Å². The first-order valence-electron chi connectivity index (χ1n) is 10.1. The second-order valence-corrected chi connectivity index (χ2v) is 9.64. The molecule has 1 saturated heterocycles. The number of nitrogens with one attached hydrogen (secondary N) is 1. The Kier molecular flexibility index (Phi) is 7.03. The van der Waals surface area contributed by atoms with Crippen LogP contribution in [0.1, 0.15) is 33.3 Å². The summed E-state index contributed by atoms with van der Waals surface area (Å²) in [6, 6.07) is 9.24. The van der Waals surface area contributed by atoms with Gasteiger partial charge in [-0.05, 0) is 38.8 Å². The van der Waals surface area contributed by atoms with Crippen LogP contribution in [0.5, 0.6) is 0 Å². The van der Waals surface area contributed by atoms with E-state index in [1.165, 1.54) is 16.7 Å². The maximum absolute atomic E-state index is 13.3. The van der Waals surface area contributed by atoms with Gasteiger partial charge >= 0.3 is 5.97 Å². The van der Waals surface area contributed by atoms with Crippen LogP contribution in [0.4, 0.5) is 0 Å². The Labute approximate surface area is 191 Å². The summed E-state index contributed by atoms with van der Waals surface area (Å²) < 4.78 is 11.3. The lowest BCUT2D eigenvalue weighted by atomic mass is 9.97. The van der Waals surface area contributed by atoms with Gasteiger partial charge in [-0.1, -0.05) is 30.3 Å². The van der Waals surface area contributed by atoms with Gasteiger partial charge in [0.15, 0.2) is 0 Å². The molecule has 0 bridgehead atoms. The predicted octanol–water partition coefficient (Wildman–Crippen LogP) is 2.83. The van der Waals surface area contributed by atoms with Crippen LogP contribution < -0.4 is 5.32 Å². The zero-order chi connectivity index (χ0) is 22.8. The lowest BCUT2D eigenvalue weighted by Gasteiger charge is -2.56. The van der Waals surface area contributed by atoms with Crippen LogP contribution in [0.15, 0.2) is 41.6 Å². The van der Waals surface area contributed by atoms with E-state index in [-0.39, 0.29) is 30.5 Å². The molecule has 9 heteroatoms. The minimum atomic E-state index is -1.53. The minimum Gasteiger partial charge on any atom is -0.455 e. The SMILES string of the molecule is CCOC1(NC(=O)Cc2ccccc2)C(=O)N2C(C(=O)OC(C)(C)C)=C(CCl)CS[C@H]21. The third kappa shape index (κ3) is 4.76. The lowest BCUT2D eigenvalue weighted by molar-refractivity contribution is -0.198. The van der Waals surface area contributed by atoms with E-state index in [0.717, 1.165) is 5.56 Å². The number of hydrogen-bond acceptors (Lipinski definition) is 6. The van der Waals surface area contributed by atoms with Crippen molar-refractivity contribution in [1.82, 2.24) is 10.2 Å². The number of fused-ring (bicyclic) bond motifs is 1. The van der Waals surface area contributed by atoms with Gasteiger partial charge in [0.05, 0.1) is 6.42 Å². The molecule has 2 heterocycles. The van der Waals surface area contributed by atoms with Crippen molar-refractivity contribution in [3.05, 3.63) is 47.2 Å². The molecule has 0 spiro atoms. The first-order valence-corrected chi connectivity index (χ1v) is 11.7. The highest BCUT2D eigenvalue weighted by molar-refractivity contribution is 8.00. The van der Waals surface area contributed by atoms with E-state index >= 15 is 0 Å². The van der Waals surface area contributed by atoms with Gasteiger partial charge in [-0.25, -0.2) is 4.79 Å². The number of nitrogens with zero attached hydrogens (tertiary/aromatic N) is 1. The van der Waals surface area contributed by atoms with Crippen molar-refractivity contribution in [3.8, 4) is 0 Å². The van der Waals surface area contributed by atoms with Gasteiger partial charge < -0.3 is 14.8 Å². The van der Waals surface area contributed by atoms with Gasteiger partial charge in [-0.2, -0.15) is 0 Å². The van der Waals surface area contributed by atoms with Crippen molar-refractivity contribution in [2.24, 2.45) is 0 Å². The van der Waals surface area contributed by atoms with Crippen LogP contribution in [-0.4, -0.2) is 57.6 Å². The molecule has 31 heavy (non-hydrogen) atoms. The van der Waals surface area contributed by atoms with Gasteiger partial charge in [0.2, 0.25) is 5.91 Å². The average molecular weight is 467 g/mol. The Balaban J connectivity index is 1.86. The number of hydrogen-bond donors (Lipinski definition) is 1. The molecule has 1 fully saturated rings. The Hall–Kier alpha value is -2.03. The Bertz CT molecular complexity index is 899. The summed E-state index contributed by atoms with van der Waals surface area (Å²) in [4.78, 5) is 40.3. The molecule has 2 amide bonds.